The first-order chi connectivity index (χ1) is 31.5. The summed E-state index contributed by atoms with van der Waals surface area (Å²) in [7, 11) is 0. The van der Waals surface area contributed by atoms with E-state index in [1.54, 1.807) is 12.1 Å². The second kappa shape index (κ2) is 15.1. The zero-order chi connectivity index (χ0) is 44.5. The largest absolute Gasteiger partial charge is 0.416 e. The highest BCUT2D eigenvalue weighted by atomic mass is 19.4. The van der Waals surface area contributed by atoms with Crippen LogP contribution in [-0.4, -0.2) is 24.1 Å². The summed E-state index contributed by atoms with van der Waals surface area (Å²) >= 11 is 0. The van der Waals surface area contributed by atoms with Gasteiger partial charge in [0.25, 0.3) is 0 Å². The summed E-state index contributed by atoms with van der Waals surface area (Å²) in [6.45, 7) is 0. The fourth-order valence-corrected chi connectivity index (χ4v) is 8.43. The van der Waals surface area contributed by atoms with Crippen molar-refractivity contribution in [3.05, 3.63) is 209 Å². The number of alkyl halides is 6. The van der Waals surface area contributed by atoms with Gasteiger partial charge in [0.1, 0.15) is 11.0 Å². The number of aromatic nitrogens is 5. The van der Waals surface area contributed by atoms with E-state index in [0.29, 0.717) is 34.4 Å². The van der Waals surface area contributed by atoms with Gasteiger partial charge in [0.15, 0.2) is 0 Å². The van der Waals surface area contributed by atoms with E-state index in [1.807, 2.05) is 97.1 Å². The smallest absolute Gasteiger partial charge is 0.309 e. The highest BCUT2D eigenvalue weighted by molar-refractivity contribution is 6.10. The molecule has 0 fully saturated rings. The molecule has 11 rings (SSSR count). The van der Waals surface area contributed by atoms with Crippen LogP contribution in [0.15, 0.2) is 176 Å². The fraction of sp³-hybridized carbons (Fsp3) is 0.0370. The van der Waals surface area contributed by atoms with Crippen molar-refractivity contribution < 1.29 is 26.3 Å². The summed E-state index contributed by atoms with van der Waals surface area (Å²) in [6, 6.07) is 52.7. The van der Waals surface area contributed by atoms with Crippen molar-refractivity contribution in [2.24, 2.45) is 0 Å². The van der Waals surface area contributed by atoms with E-state index in [1.165, 1.54) is 0 Å². The van der Waals surface area contributed by atoms with Crippen molar-refractivity contribution in [1.82, 2.24) is 24.1 Å². The van der Waals surface area contributed by atoms with E-state index in [2.05, 4.69) is 91.5 Å². The van der Waals surface area contributed by atoms with Crippen LogP contribution in [0, 0.1) is 23.7 Å². The van der Waals surface area contributed by atoms with Gasteiger partial charge in [-0.05, 0) is 103 Å². The van der Waals surface area contributed by atoms with Crippen LogP contribution in [0.25, 0.3) is 71.7 Å². The van der Waals surface area contributed by atoms with Crippen molar-refractivity contribution in [3.63, 3.8) is 0 Å². The third-order valence-electron chi connectivity index (χ3n) is 11.4. The van der Waals surface area contributed by atoms with Crippen LogP contribution < -0.4 is 0 Å². The zero-order valence-corrected chi connectivity index (χ0v) is 33.7. The molecule has 0 saturated carbocycles. The van der Waals surface area contributed by atoms with Gasteiger partial charge in [-0.1, -0.05) is 96.5 Å². The summed E-state index contributed by atoms with van der Waals surface area (Å²) < 4.78 is 88.0. The SMILES string of the molecule is FC(F)(F)c1cc(-n2nc3c(C#Cc4ccc(-n5c6ccccc6c6ccccc65)cc4)ccc(C#Cc4ccc(-n5c6ccccc6c6ccccc65)cc4)c3n2)cc(C(F)(F)F)c1. The normalized spacial score (nSPS) is 11.9. The van der Waals surface area contributed by atoms with Gasteiger partial charge >= 0.3 is 12.4 Å². The number of hydrogen-bond donors (Lipinski definition) is 0. The first-order valence-corrected chi connectivity index (χ1v) is 20.4. The molecule has 0 atom stereocenters. The Morgan fingerprint density at radius 2 is 0.692 bits per heavy atom. The lowest BCUT2D eigenvalue weighted by Crippen LogP contribution is -2.13. The topological polar surface area (TPSA) is 40.6 Å². The molecule has 312 valence electrons. The Kier molecular flexibility index (Phi) is 9.12. The minimum absolute atomic E-state index is 0.0690. The molecular weight excluding hydrogens is 833 g/mol. The molecule has 5 nitrogen and oxygen atoms in total. The Morgan fingerprint density at radius 1 is 0.354 bits per heavy atom. The minimum atomic E-state index is -5.07. The third-order valence-corrected chi connectivity index (χ3v) is 11.4. The van der Waals surface area contributed by atoms with Crippen molar-refractivity contribution in [1.29, 1.82) is 0 Å². The van der Waals surface area contributed by atoms with E-state index in [4.69, 9.17) is 0 Å². The van der Waals surface area contributed by atoms with E-state index in [9.17, 15) is 26.3 Å². The molecule has 0 aliphatic heterocycles. The predicted octanol–water partition coefficient (Wildman–Crippen LogP) is 13.5. The van der Waals surface area contributed by atoms with Gasteiger partial charge in [-0.15, -0.1) is 10.2 Å². The van der Waals surface area contributed by atoms with Gasteiger partial charge in [-0.25, -0.2) is 0 Å². The number of nitrogens with zero attached hydrogens (tertiary/aromatic N) is 5. The summed E-state index contributed by atoms with van der Waals surface area (Å²) in [5, 5.41) is 13.4. The van der Waals surface area contributed by atoms with Crippen LogP contribution in [0.2, 0.25) is 0 Å². The van der Waals surface area contributed by atoms with E-state index >= 15 is 0 Å². The molecule has 0 amide bonds. The van der Waals surface area contributed by atoms with Crippen LogP contribution in [0.5, 0.6) is 0 Å². The van der Waals surface area contributed by atoms with Crippen LogP contribution in [0.1, 0.15) is 33.4 Å². The third kappa shape index (κ3) is 7.00. The number of hydrogen-bond acceptors (Lipinski definition) is 2. The van der Waals surface area contributed by atoms with Gasteiger partial charge in [-0.2, -0.15) is 31.1 Å². The van der Waals surface area contributed by atoms with Crippen molar-refractivity contribution in [2.45, 2.75) is 12.4 Å². The monoisotopic (exact) mass is 861 g/mol. The molecule has 0 spiro atoms. The number of para-hydroxylation sites is 4. The lowest BCUT2D eigenvalue weighted by atomic mass is 10.1. The lowest BCUT2D eigenvalue weighted by molar-refractivity contribution is -0.143. The van der Waals surface area contributed by atoms with Gasteiger partial charge in [0.05, 0.1) is 50.0 Å². The van der Waals surface area contributed by atoms with Gasteiger partial charge in [0, 0.05) is 44.0 Å². The minimum Gasteiger partial charge on any atom is -0.309 e. The number of benzene rings is 8. The Morgan fingerprint density at radius 3 is 1.03 bits per heavy atom. The number of fused-ring (bicyclic) bond motifs is 7. The molecule has 0 unspecified atom stereocenters. The summed E-state index contributed by atoms with van der Waals surface area (Å²) in [5.74, 6) is 12.5. The fourth-order valence-electron chi connectivity index (χ4n) is 8.43. The van der Waals surface area contributed by atoms with E-state index in [-0.39, 0.29) is 17.1 Å². The molecule has 0 aliphatic carbocycles. The maximum Gasteiger partial charge on any atom is 0.416 e. The Bertz CT molecular complexity index is 3460. The summed E-state index contributed by atoms with van der Waals surface area (Å²) in [4.78, 5) is 0.770. The first-order valence-electron chi connectivity index (χ1n) is 20.4. The van der Waals surface area contributed by atoms with Crippen molar-refractivity contribution in [3.8, 4) is 40.7 Å². The average Bonchev–Trinajstić information content (AvgIpc) is 4.02. The lowest BCUT2D eigenvalue weighted by Gasteiger charge is -2.13. The molecule has 0 bridgehead atoms. The van der Waals surface area contributed by atoms with E-state index in [0.717, 1.165) is 59.8 Å². The molecule has 0 saturated heterocycles. The summed E-state index contributed by atoms with van der Waals surface area (Å²) in [6.07, 6.45) is -10.1. The molecule has 3 aromatic heterocycles. The van der Waals surface area contributed by atoms with E-state index < -0.39 is 29.2 Å². The van der Waals surface area contributed by atoms with Crippen LogP contribution in [-0.2, 0) is 12.4 Å². The van der Waals surface area contributed by atoms with Crippen LogP contribution in [0.4, 0.5) is 26.3 Å². The first kappa shape index (κ1) is 39.3. The molecule has 0 aliphatic rings. The van der Waals surface area contributed by atoms with Crippen LogP contribution >= 0.6 is 0 Å². The quantitative estimate of drug-likeness (QED) is 0.131. The summed E-state index contributed by atoms with van der Waals surface area (Å²) in [5.41, 5.74) is 4.91. The van der Waals surface area contributed by atoms with Gasteiger partial charge < -0.3 is 9.13 Å². The highest BCUT2D eigenvalue weighted by Crippen LogP contribution is 2.38. The molecule has 8 aromatic carbocycles. The number of halogens is 6. The van der Waals surface area contributed by atoms with Crippen molar-refractivity contribution in [2.75, 3.05) is 0 Å². The molecular formula is C54H29F6N5. The Hall–Kier alpha value is -8.54. The number of rotatable bonds is 3. The highest BCUT2D eigenvalue weighted by Gasteiger charge is 2.37. The molecule has 0 N–H and O–H groups in total. The van der Waals surface area contributed by atoms with Gasteiger partial charge in [0.2, 0.25) is 0 Å². The molecule has 0 radical (unpaired) electrons. The molecule has 65 heavy (non-hydrogen) atoms. The average molecular weight is 862 g/mol. The molecule has 11 aromatic rings. The standard InChI is InChI=1S/C54H29F6N5/c55-53(56,57)38-31-39(54(58,59)60)33-42(32-38)65-61-51-36(23-17-34-19-27-40(28-20-34)63-47-13-5-1-9-43(47)44-10-2-6-14-48(44)63)25-26-37(52(51)62-65)24-18-35-21-29-41(30-22-35)64-49-15-7-3-11-45(49)46-12-4-8-16-50(46)64/h1-16,19-22,25-33H. The predicted molar refractivity (Wildman–Crippen MR) is 242 cm³/mol. The molecule has 3 heterocycles. The second-order valence-electron chi connectivity index (χ2n) is 15.4. The zero-order valence-electron chi connectivity index (χ0n) is 33.7. The van der Waals surface area contributed by atoms with Crippen LogP contribution in [0.3, 0.4) is 0 Å². The molecule has 11 heteroatoms. The Labute approximate surface area is 366 Å². The Balaban J connectivity index is 0.985. The van der Waals surface area contributed by atoms with Crippen molar-refractivity contribution >= 4 is 54.6 Å². The second-order valence-corrected chi connectivity index (χ2v) is 15.4. The maximum absolute atomic E-state index is 13.9. The maximum atomic E-state index is 13.9. The van der Waals surface area contributed by atoms with Gasteiger partial charge in [-0.3, -0.25) is 0 Å².